The van der Waals surface area contributed by atoms with Gasteiger partial charge in [-0.3, -0.25) is 4.79 Å². The topological polar surface area (TPSA) is 57.8 Å². The van der Waals surface area contributed by atoms with Crippen molar-refractivity contribution in [1.82, 2.24) is 15.3 Å². The second kappa shape index (κ2) is 4.03. The molecule has 0 saturated heterocycles. The molecule has 0 saturated carbocycles. The van der Waals surface area contributed by atoms with E-state index in [4.69, 9.17) is 0 Å². The van der Waals surface area contributed by atoms with Gasteiger partial charge in [-0.05, 0) is 24.6 Å². The summed E-state index contributed by atoms with van der Waals surface area (Å²) >= 11 is 0. The summed E-state index contributed by atoms with van der Waals surface area (Å²) in [7, 11) is 0. The van der Waals surface area contributed by atoms with E-state index in [0.29, 0.717) is 30.0 Å². The second-order valence-corrected chi connectivity index (χ2v) is 4.40. The van der Waals surface area contributed by atoms with Crippen LogP contribution in [-0.4, -0.2) is 9.97 Å². The molecule has 0 spiro atoms. The number of halogens is 1. The van der Waals surface area contributed by atoms with Gasteiger partial charge in [0.05, 0.1) is 11.3 Å². The molecule has 0 aliphatic carbocycles. The van der Waals surface area contributed by atoms with Crippen molar-refractivity contribution in [2.45, 2.75) is 20.0 Å². The minimum absolute atomic E-state index is 0.149. The SMILES string of the molecule is Cc1ccc(F)cc1-c1nc2c(c(=O)[nH]1)CNC2. The lowest BCUT2D eigenvalue weighted by Crippen LogP contribution is -2.16. The van der Waals surface area contributed by atoms with Gasteiger partial charge in [0.25, 0.3) is 5.56 Å². The van der Waals surface area contributed by atoms with Crippen molar-refractivity contribution < 1.29 is 4.39 Å². The zero-order chi connectivity index (χ0) is 12.7. The Hall–Kier alpha value is -2.01. The van der Waals surface area contributed by atoms with E-state index in [0.717, 1.165) is 11.3 Å². The normalized spacial score (nSPS) is 13.7. The number of nitrogens with zero attached hydrogens (tertiary/aromatic N) is 1. The molecule has 0 amide bonds. The third-order valence-electron chi connectivity index (χ3n) is 3.15. The number of aromatic nitrogens is 2. The van der Waals surface area contributed by atoms with Crippen LogP contribution in [0.1, 0.15) is 16.8 Å². The fourth-order valence-electron chi connectivity index (χ4n) is 2.16. The van der Waals surface area contributed by atoms with E-state index in [9.17, 15) is 9.18 Å². The van der Waals surface area contributed by atoms with Gasteiger partial charge in [-0.2, -0.15) is 0 Å². The number of H-pyrrole nitrogens is 1. The molecule has 3 rings (SSSR count). The maximum atomic E-state index is 13.3. The van der Waals surface area contributed by atoms with Crippen LogP contribution in [0, 0.1) is 12.7 Å². The van der Waals surface area contributed by atoms with Crippen LogP contribution in [0.15, 0.2) is 23.0 Å². The molecule has 1 aromatic heterocycles. The van der Waals surface area contributed by atoms with Gasteiger partial charge in [0.2, 0.25) is 0 Å². The summed E-state index contributed by atoms with van der Waals surface area (Å²) in [6, 6.07) is 4.46. The molecular formula is C13H12FN3O. The van der Waals surface area contributed by atoms with Gasteiger partial charge in [0.1, 0.15) is 11.6 Å². The molecule has 1 aliphatic rings. The van der Waals surface area contributed by atoms with Crippen molar-refractivity contribution in [2.75, 3.05) is 0 Å². The minimum Gasteiger partial charge on any atom is -0.307 e. The number of nitrogens with one attached hydrogen (secondary N) is 2. The molecule has 0 radical (unpaired) electrons. The van der Waals surface area contributed by atoms with Crippen LogP contribution in [-0.2, 0) is 13.1 Å². The van der Waals surface area contributed by atoms with Crippen LogP contribution in [0.3, 0.4) is 0 Å². The first-order valence-corrected chi connectivity index (χ1v) is 5.74. The monoisotopic (exact) mass is 245 g/mol. The Labute approximate surface area is 103 Å². The number of rotatable bonds is 1. The highest BCUT2D eigenvalue weighted by Crippen LogP contribution is 2.21. The molecule has 2 heterocycles. The zero-order valence-corrected chi connectivity index (χ0v) is 9.88. The summed E-state index contributed by atoms with van der Waals surface area (Å²) in [5.74, 6) is 0.0938. The molecule has 92 valence electrons. The average Bonchev–Trinajstić information content (AvgIpc) is 2.81. The van der Waals surface area contributed by atoms with Crippen LogP contribution in [0.5, 0.6) is 0 Å². The number of fused-ring (bicyclic) bond motifs is 1. The van der Waals surface area contributed by atoms with Crippen LogP contribution in [0.4, 0.5) is 4.39 Å². The first kappa shape index (κ1) is 11.1. The summed E-state index contributed by atoms with van der Waals surface area (Å²) in [6.07, 6.45) is 0. The van der Waals surface area contributed by atoms with Crippen molar-refractivity contribution in [3.63, 3.8) is 0 Å². The lowest BCUT2D eigenvalue weighted by atomic mass is 10.1. The summed E-state index contributed by atoms with van der Waals surface area (Å²) in [4.78, 5) is 19.0. The number of hydrogen-bond donors (Lipinski definition) is 2. The quantitative estimate of drug-likeness (QED) is 0.800. The minimum atomic E-state index is -0.336. The summed E-state index contributed by atoms with van der Waals surface area (Å²) in [6.45, 7) is 2.99. The Kier molecular flexibility index (Phi) is 2.48. The Morgan fingerprint density at radius 1 is 1.33 bits per heavy atom. The highest BCUT2D eigenvalue weighted by Gasteiger charge is 2.17. The Bertz CT molecular complexity index is 678. The number of aryl methyl sites for hydroxylation is 1. The van der Waals surface area contributed by atoms with Crippen molar-refractivity contribution in [3.05, 3.63) is 51.2 Å². The van der Waals surface area contributed by atoms with Crippen LogP contribution >= 0.6 is 0 Å². The number of hydrogen-bond acceptors (Lipinski definition) is 3. The summed E-state index contributed by atoms with van der Waals surface area (Å²) in [5, 5.41) is 3.08. The smallest absolute Gasteiger partial charge is 0.255 e. The molecule has 5 heteroatoms. The van der Waals surface area contributed by atoms with Crippen molar-refractivity contribution in [3.8, 4) is 11.4 Å². The molecule has 0 fully saturated rings. The maximum absolute atomic E-state index is 13.3. The zero-order valence-electron chi connectivity index (χ0n) is 9.88. The summed E-state index contributed by atoms with van der Waals surface area (Å²) < 4.78 is 13.3. The van der Waals surface area contributed by atoms with Crippen LogP contribution < -0.4 is 10.9 Å². The van der Waals surface area contributed by atoms with Gasteiger partial charge in [-0.15, -0.1) is 0 Å². The second-order valence-electron chi connectivity index (χ2n) is 4.40. The fraction of sp³-hybridized carbons (Fsp3) is 0.231. The first-order valence-electron chi connectivity index (χ1n) is 5.74. The molecule has 0 unspecified atom stereocenters. The van der Waals surface area contributed by atoms with E-state index in [1.807, 2.05) is 6.92 Å². The van der Waals surface area contributed by atoms with E-state index in [-0.39, 0.29) is 11.4 Å². The van der Waals surface area contributed by atoms with Gasteiger partial charge in [0, 0.05) is 18.7 Å². The van der Waals surface area contributed by atoms with Gasteiger partial charge in [0.15, 0.2) is 0 Å². The average molecular weight is 245 g/mol. The van der Waals surface area contributed by atoms with Crippen LogP contribution in [0.25, 0.3) is 11.4 Å². The van der Waals surface area contributed by atoms with E-state index < -0.39 is 0 Å². The lowest BCUT2D eigenvalue weighted by Gasteiger charge is -2.06. The van der Waals surface area contributed by atoms with Gasteiger partial charge >= 0.3 is 0 Å². The highest BCUT2D eigenvalue weighted by atomic mass is 19.1. The molecule has 0 atom stereocenters. The molecule has 2 N–H and O–H groups in total. The maximum Gasteiger partial charge on any atom is 0.255 e. The van der Waals surface area contributed by atoms with E-state index in [1.165, 1.54) is 12.1 Å². The molecule has 4 nitrogen and oxygen atoms in total. The van der Waals surface area contributed by atoms with Gasteiger partial charge in [-0.1, -0.05) is 6.07 Å². The molecule has 1 aliphatic heterocycles. The summed E-state index contributed by atoms with van der Waals surface area (Å²) in [5.41, 5.74) is 2.78. The third kappa shape index (κ3) is 1.73. The van der Waals surface area contributed by atoms with E-state index in [1.54, 1.807) is 6.07 Å². The molecule has 2 aromatic rings. The van der Waals surface area contributed by atoms with Gasteiger partial charge < -0.3 is 10.3 Å². The molecule has 1 aromatic carbocycles. The molecule has 0 bridgehead atoms. The highest BCUT2D eigenvalue weighted by molar-refractivity contribution is 5.60. The lowest BCUT2D eigenvalue weighted by molar-refractivity contribution is 0.627. The Balaban J connectivity index is 2.21. The van der Waals surface area contributed by atoms with Crippen molar-refractivity contribution in [1.29, 1.82) is 0 Å². The fourth-order valence-corrected chi connectivity index (χ4v) is 2.16. The predicted octanol–water partition coefficient (Wildman–Crippen LogP) is 1.49. The molecular weight excluding hydrogens is 233 g/mol. The van der Waals surface area contributed by atoms with E-state index in [2.05, 4.69) is 15.3 Å². The Morgan fingerprint density at radius 2 is 2.17 bits per heavy atom. The Morgan fingerprint density at radius 3 is 3.00 bits per heavy atom. The first-order chi connectivity index (χ1) is 8.65. The largest absolute Gasteiger partial charge is 0.307 e. The molecule has 18 heavy (non-hydrogen) atoms. The van der Waals surface area contributed by atoms with Crippen LogP contribution in [0.2, 0.25) is 0 Å². The van der Waals surface area contributed by atoms with Gasteiger partial charge in [-0.25, -0.2) is 9.37 Å². The predicted molar refractivity (Wildman–Crippen MR) is 65.5 cm³/mol. The number of benzene rings is 1. The van der Waals surface area contributed by atoms with Crippen molar-refractivity contribution >= 4 is 0 Å². The van der Waals surface area contributed by atoms with E-state index >= 15 is 0 Å². The standard InChI is InChI=1S/C13H12FN3O/c1-7-2-3-8(14)4-9(7)12-16-11-6-15-5-10(11)13(18)17-12/h2-4,15H,5-6H2,1H3,(H,16,17,18). The third-order valence-corrected chi connectivity index (χ3v) is 3.15. The number of aromatic amines is 1. The van der Waals surface area contributed by atoms with Crippen molar-refractivity contribution in [2.24, 2.45) is 0 Å².